The van der Waals surface area contributed by atoms with E-state index in [0.29, 0.717) is 18.0 Å². The van der Waals surface area contributed by atoms with Gasteiger partial charge in [0.05, 0.1) is 16.9 Å². The van der Waals surface area contributed by atoms with Gasteiger partial charge in [-0.1, -0.05) is 25.0 Å². The number of nitrogens with zero attached hydrogens (tertiary/aromatic N) is 3. The van der Waals surface area contributed by atoms with Crippen LogP contribution >= 0.6 is 0 Å². The monoisotopic (exact) mass is 452 g/mol. The van der Waals surface area contributed by atoms with Crippen LogP contribution < -0.4 is 10.2 Å². The number of amides is 1. The first-order valence-corrected chi connectivity index (χ1v) is 11.8. The van der Waals surface area contributed by atoms with E-state index in [1.807, 2.05) is 6.07 Å². The smallest absolute Gasteiger partial charge is 0.269 e. The van der Waals surface area contributed by atoms with Gasteiger partial charge >= 0.3 is 0 Å². The third-order valence-electron chi connectivity index (χ3n) is 7.47. The molecule has 0 spiro atoms. The zero-order chi connectivity index (χ0) is 22.9. The number of fused-ring (bicyclic) bond motifs is 3. The molecule has 2 aliphatic heterocycles. The molecule has 1 saturated heterocycles. The maximum absolute atomic E-state index is 13.5. The maximum Gasteiger partial charge on any atom is 0.269 e. The molecule has 7 nitrogen and oxygen atoms in total. The van der Waals surface area contributed by atoms with Crippen molar-refractivity contribution in [3.05, 3.63) is 69.5 Å². The zero-order valence-electron chi connectivity index (χ0n) is 18.6. The van der Waals surface area contributed by atoms with E-state index in [1.54, 1.807) is 24.3 Å². The van der Waals surface area contributed by atoms with Crippen LogP contribution in [0, 0.1) is 21.8 Å². The Kier molecular flexibility index (Phi) is 6.01. The van der Waals surface area contributed by atoms with E-state index in [2.05, 4.69) is 15.1 Å². The van der Waals surface area contributed by atoms with E-state index in [0.717, 1.165) is 30.9 Å². The third-order valence-corrected chi connectivity index (χ3v) is 7.47. The van der Waals surface area contributed by atoms with Crippen molar-refractivity contribution in [1.82, 2.24) is 10.2 Å². The van der Waals surface area contributed by atoms with Crippen LogP contribution in [0.2, 0.25) is 0 Å². The average Bonchev–Trinajstić information content (AvgIpc) is 3.36. The molecule has 33 heavy (non-hydrogen) atoms. The van der Waals surface area contributed by atoms with Crippen LogP contribution in [0.3, 0.4) is 0 Å². The number of halogens is 1. The SMILES string of the molecule is O=C(NCc1cccc(F)c1)[C@H]1Cc2cc([N+](=O)[O-])ccc2N2CCN(C3CCCC3)C[C@H]12. The Bertz CT molecular complexity index is 1060. The lowest BCUT2D eigenvalue weighted by molar-refractivity contribution is -0.384. The molecule has 0 bridgehead atoms. The van der Waals surface area contributed by atoms with Crippen LogP contribution in [-0.4, -0.2) is 47.4 Å². The van der Waals surface area contributed by atoms with Gasteiger partial charge in [-0.25, -0.2) is 4.39 Å². The van der Waals surface area contributed by atoms with Gasteiger partial charge in [-0.15, -0.1) is 0 Å². The van der Waals surface area contributed by atoms with Crippen molar-refractivity contribution in [3.8, 4) is 0 Å². The highest BCUT2D eigenvalue weighted by atomic mass is 19.1. The summed E-state index contributed by atoms with van der Waals surface area (Å²) in [5, 5.41) is 14.3. The summed E-state index contributed by atoms with van der Waals surface area (Å²) in [7, 11) is 0. The number of nitrogens with one attached hydrogen (secondary N) is 1. The third kappa shape index (κ3) is 4.44. The second-order valence-corrected chi connectivity index (χ2v) is 9.42. The van der Waals surface area contributed by atoms with Gasteiger partial charge in [0.2, 0.25) is 5.91 Å². The number of nitro benzene ring substituents is 1. The van der Waals surface area contributed by atoms with E-state index < -0.39 is 0 Å². The number of anilines is 1. The summed E-state index contributed by atoms with van der Waals surface area (Å²) in [5.74, 6) is -0.733. The molecule has 5 rings (SSSR count). The Hall–Kier alpha value is -3.00. The minimum Gasteiger partial charge on any atom is -0.365 e. The van der Waals surface area contributed by atoms with Crippen molar-refractivity contribution in [2.75, 3.05) is 24.5 Å². The van der Waals surface area contributed by atoms with E-state index in [4.69, 9.17) is 0 Å². The van der Waals surface area contributed by atoms with Crippen LogP contribution in [0.4, 0.5) is 15.8 Å². The molecule has 2 fully saturated rings. The fourth-order valence-corrected chi connectivity index (χ4v) is 5.81. The van der Waals surface area contributed by atoms with Gasteiger partial charge in [0, 0.05) is 50.0 Å². The van der Waals surface area contributed by atoms with Crippen LogP contribution in [-0.2, 0) is 17.8 Å². The Labute approximate surface area is 192 Å². The Balaban J connectivity index is 1.40. The van der Waals surface area contributed by atoms with Crippen molar-refractivity contribution in [1.29, 1.82) is 0 Å². The van der Waals surface area contributed by atoms with Gasteiger partial charge in [0.15, 0.2) is 0 Å². The molecule has 1 aliphatic carbocycles. The van der Waals surface area contributed by atoms with Crippen LogP contribution in [0.15, 0.2) is 42.5 Å². The topological polar surface area (TPSA) is 78.7 Å². The lowest BCUT2D eigenvalue weighted by atomic mass is 9.82. The minimum atomic E-state index is -0.385. The van der Waals surface area contributed by atoms with Crippen LogP contribution in [0.5, 0.6) is 0 Å². The van der Waals surface area contributed by atoms with Crippen LogP contribution in [0.1, 0.15) is 36.8 Å². The molecule has 8 heteroatoms. The molecule has 1 amide bonds. The van der Waals surface area contributed by atoms with Crippen molar-refractivity contribution in [2.24, 2.45) is 5.92 Å². The Morgan fingerprint density at radius 1 is 1.15 bits per heavy atom. The number of piperazine rings is 1. The van der Waals surface area contributed by atoms with E-state index in [1.165, 1.54) is 37.8 Å². The minimum absolute atomic E-state index is 0.0146. The molecular weight excluding hydrogens is 423 g/mol. The first-order chi connectivity index (χ1) is 16.0. The highest BCUT2D eigenvalue weighted by molar-refractivity contribution is 5.82. The standard InChI is InChI=1S/C25H29FN4O3/c26-19-5-3-4-17(12-19)15-27-25(31)22-14-18-13-21(30(32)33)8-9-23(18)29-11-10-28(16-24(22)29)20-6-1-2-7-20/h3-5,8-9,12-13,20,22,24H,1-2,6-7,10-11,14-16H2,(H,27,31)/t22-,24+/m0/s1. The number of benzene rings is 2. The van der Waals surface area contributed by atoms with E-state index in [-0.39, 0.29) is 40.8 Å². The van der Waals surface area contributed by atoms with Gasteiger partial charge < -0.3 is 10.2 Å². The maximum atomic E-state index is 13.5. The molecule has 2 heterocycles. The molecule has 174 valence electrons. The van der Waals surface area contributed by atoms with Crippen molar-refractivity contribution in [2.45, 2.75) is 50.7 Å². The summed E-state index contributed by atoms with van der Waals surface area (Å²) >= 11 is 0. The summed E-state index contributed by atoms with van der Waals surface area (Å²) in [6.07, 6.45) is 5.42. The van der Waals surface area contributed by atoms with Crippen molar-refractivity contribution < 1.29 is 14.1 Å². The number of hydrogen-bond donors (Lipinski definition) is 1. The van der Waals surface area contributed by atoms with Gasteiger partial charge in [-0.3, -0.25) is 19.8 Å². The fraction of sp³-hybridized carbons (Fsp3) is 0.480. The molecule has 1 saturated carbocycles. The molecule has 0 radical (unpaired) electrons. The van der Waals surface area contributed by atoms with Gasteiger partial charge in [-0.2, -0.15) is 0 Å². The highest BCUT2D eigenvalue weighted by Gasteiger charge is 2.43. The Morgan fingerprint density at radius 3 is 2.73 bits per heavy atom. The summed E-state index contributed by atoms with van der Waals surface area (Å²) in [5.41, 5.74) is 2.62. The molecule has 1 N–H and O–H groups in total. The van der Waals surface area contributed by atoms with Crippen LogP contribution in [0.25, 0.3) is 0 Å². The van der Waals surface area contributed by atoms with Gasteiger partial charge in [0.25, 0.3) is 5.69 Å². The van der Waals surface area contributed by atoms with Gasteiger partial charge in [0.1, 0.15) is 5.82 Å². The predicted molar refractivity (Wildman–Crippen MR) is 124 cm³/mol. The molecule has 2 aromatic rings. The fourth-order valence-electron chi connectivity index (χ4n) is 5.81. The number of carbonyl (C=O) groups is 1. The first kappa shape index (κ1) is 21.8. The summed E-state index contributed by atoms with van der Waals surface area (Å²) in [6.45, 7) is 2.82. The van der Waals surface area contributed by atoms with Crippen molar-refractivity contribution >= 4 is 17.3 Å². The first-order valence-electron chi connectivity index (χ1n) is 11.8. The lowest BCUT2D eigenvalue weighted by Crippen LogP contribution is -2.62. The number of nitro groups is 1. The quantitative estimate of drug-likeness (QED) is 0.553. The number of non-ortho nitro benzene ring substituents is 1. The summed E-state index contributed by atoms with van der Waals surface area (Å²) in [6, 6.07) is 11.8. The summed E-state index contributed by atoms with van der Waals surface area (Å²) in [4.78, 5) is 29.2. The lowest BCUT2D eigenvalue weighted by Gasteiger charge is -2.50. The number of rotatable bonds is 5. The Morgan fingerprint density at radius 2 is 1.97 bits per heavy atom. The average molecular weight is 453 g/mol. The largest absolute Gasteiger partial charge is 0.365 e. The molecular formula is C25H29FN4O3. The normalized spacial score (nSPS) is 23.1. The molecule has 2 atom stereocenters. The van der Waals surface area contributed by atoms with E-state index in [9.17, 15) is 19.3 Å². The zero-order valence-corrected chi connectivity index (χ0v) is 18.6. The molecule has 0 unspecified atom stereocenters. The predicted octanol–water partition coefficient (Wildman–Crippen LogP) is 3.66. The molecule has 0 aromatic heterocycles. The molecule has 2 aromatic carbocycles. The summed E-state index contributed by atoms with van der Waals surface area (Å²) < 4.78 is 13.5. The number of hydrogen-bond acceptors (Lipinski definition) is 5. The van der Waals surface area contributed by atoms with Gasteiger partial charge in [-0.05, 0) is 48.6 Å². The van der Waals surface area contributed by atoms with E-state index >= 15 is 0 Å². The molecule has 3 aliphatic rings. The second kappa shape index (κ2) is 9.09. The number of carbonyl (C=O) groups excluding carboxylic acids is 1. The highest BCUT2D eigenvalue weighted by Crippen LogP contribution is 2.39. The van der Waals surface area contributed by atoms with Crippen molar-refractivity contribution in [3.63, 3.8) is 0 Å². The second-order valence-electron chi connectivity index (χ2n) is 9.42.